The molecule has 1 spiro atoms. The first-order valence-corrected chi connectivity index (χ1v) is 11.2. The van der Waals surface area contributed by atoms with Gasteiger partial charge in [-0.05, 0) is 62.3 Å². The van der Waals surface area contributed by atoms with E-state index in [1.807, 2.05) is 49.4 Å². The third-order valence-corrected chi connectivity index (χ3v) is 6.72. The van der Waals surface area contributed by atoms with Gasteiger partial charge in [-0.1, -0.05) is 29.8 Å². The summed E-state index contributed by atoms with van der Waals surface area (Å²) in [4.78, 5) is 34.2. The number of aryl methyl sites for hydroxylation is 1. The van der Waals surface area contributed by atoms with E-state index < -0.39 is 11.5 Å². The van der Waals surface area contributed by atoms with Crippen LogP contribution in [0.4, 0.5) is 0 Å². The highest BCUT2D eigenvalue weighted by Crippen LogP contribution is 2.49. The van der Waals surface area contributed by atoms with E-state index in [1.165, 1.54) is 0 Å². The third-order valence-electron chi connectivity index (χ3n) is 6.72. The summed E-state index contributed by atoms with van der Waals surface area (Å²) >= 11 is 0. The molecule has 2 N–H and O–H groups in total. The second kappa shape index (κ2) is 8.41. The van der Waals surface area contributed by atoms with E-state index in [1.54, 1.807) is 17.9 Å². The number of hydroxylamine groups is 1. The molecule has 1 saturated carbocycles. The minimum Gasteiger partial charge on any atom is -0.478 e. The average molecular weight is 444 g/mol. The maximum Gasteiger partial charge on any atom is 0.243 e. The standard InChI is InChI=1S/C26H25N3O4/c1-16-3-2-4-18(13-16)23-24(19-5-6-20-21(15-19)28-12-11-27-20)33-26(25(23)31)9-7-17(8-10-26)14-22(30)29-32/h2-6,11-13,15,17,32H,7-10,14H2,1H3,(H,29,30). The predicted molar refractivity (Wildman–Crippen MR) is 123 cm³/mol. The SMILES string of the molecule is Cc1cccc(C2=C(c3ccc4nccnc4c3)OC3(CCC(CC(=O)NO)CC3)C2=O)c1. The minimum atomic E-state index is -0.933. The van der Waals surface area contributed by atoms with Gasteiger partial charge in [0.15, 0.2) is 5.60 Å². The molecule has 0 atom stereocenters. The summed E-state index contributed by atoms with van der Waals surface area (Å²) in [5.74, 6) is 0.282. The van der Waals surface area contributed by atoms with Gasteiger partial charge in [-0.15, -0.1) is 0 Å². The van der Waals surface area contributed by atoms with Crippen molar-refractivity contribution in [2.24, 2.45) is 5.92 Å². The Hall–Kier alpha value is -3.58. The van der Waals surface area contributed by atoms with Crippen LogP contribution in [0.15, 0.2) is 54.9 Å². The number of benzene rings is 2. The molecule has 0 saturated heterocycles. The molecule has 1 amide bonds. The van der Waals surface area contributed by atoms with Crippen molar-refractivity contribution >= 4 is 34.1 Å². The van der Waals surface area contributed by atoms with Crippen molar-refractivity contribution in [3.63, 3.8) is 0 Å². The molecule has 1 fully saturated rings. The molecule has 2 aromatic carbocycles. The number of carbonyl (C=O) groups is 2. The van der Waals surface area contributed by atoms with Crippen LogP contribution in [0.5, 0.6) is 0 Å². The number of nitrogens with zero attached hydrogens (tertiary/aromatic N) is 2. The maximum absolute atomic E-state index is 13.9. The molecule has 3 aromatic rings. The van der Waals surface area contributed by atoms with Crippen LogP contribution in [-0.2, 0) is 14.3 Å². The zero-order valence-corrected chi connectivity index (χ0v) is 18.4. The molecular weight excluding hydrogens is 418 g/mol. The van der Waals surface area contributed by atoms with Crippen molar-refractivity contribution < 1.29 is 19.5 Å². The second-order valence-electron chi connectivity index (χ2n) is 8.94. The fraction of sp³-hybridized carbons (Fsp3) is 0.308. The number of aromatic nitrogens is 2. The van der Waals surface area contributed by atoms with Gasteiger partial charge in [0.25, 0.3) is 0 Å². The Morgan fingerprint density at radius 3 is 2.58 bits per heavy atom. The fourth-order valence-electron chi connectivity index (χ4n) is 4.98. The Morgan fingerprint density at radius 1 is 1.09 bits per heavy atom. The van der Waals surface area contributed by atoms with Gasteiger partial charge in [0.1, 0.15) is 5.76 Å². The van der Waals surface area contributed by atoms with Crippen LogP contribution < -0.4 is 5.48 Å². The minimum absolute atomic E-state index is 0.00703. The molecular formula is C26H25N3O4. The molecule has 0 bridgehead atoms. The molecule has 7 heteroatoms. The van der Waals surface area contributed by atoms with Gasteiger partial charge in [-0.3, -0.25) is 24.8 Å². The molecule has 168 valence electrons. The van der Waals surface area contributed by atoms with Gasteiger partial charge >= 0.3 is 0 Å². The molecule has 2 aliphatic rings. The van der Waals surface area contributed by atoms with E-state index in [0.29, 0.717) is 37.0 Å². The summed E-state index contributed by atoms with van der Waals surface area (Å²) < 4.78 is 6.56. The predicted octanol–water partition coefficient (Wildman–Crippen LogP) is 4.23. The van der Waals surface area contributed by atoms with Crippen molar-refractivity contribution in [3.8, 4) is 0 Å². The van der Waals surface area contributed by atoms with Gasteiger partial charge in [-0.2, -0.15) is 0 Å². The quantitative estimate of drug-likeness (QED) is 0.462. The second-order valence-corrected chi connectivity index (χ2v) is 8.94. The monoisotopic (exact) mass is 443 g/mol. The lowest BCUT2D eigenvalue weighted by Crippen LogP contribution is -2.41. The van der Waals surface area contributed by atoms with Gasteiger partial charge < -0.3 is 4.74 Å². The molecule has 1 aliphatic carbocycles. The molecule has 33 heavy (non-hydrogen) atoms. The first-order chi connectivity index (χ1) is 16.0. The van der Waals surface area contributed by atoms with E-state index in [0.717, 1.165) is 27.7 Å². The molecule has 1 aliphatic heterocycles. The fourth-order valence-corrected chi connectivity index (χ4v) is 4.98. The lowest BCUT2D eigenvalue weighted by molar-refractivity contribution is -0.133. The average Bonchev–Trinajstić information content (AvgIpc) is 3.12. The molecule has 1 aromatic heterocycles. The maximum atomic E-state index is 13.9. The van der Waals surface area contributed by atoms with E-state index >= 15 is 0 Å². The zero-order chi connectivity index (χ0) is 23.0. The summed E-state index contributed by atoms with van der Waals surface area (Å²) in [5.41, 5.74) is 5.58. The lowest BCUT2D eigenvalue weighted by atomic mass is 9.74. The Morgan fingerprint density at radius 2 is 1.85 bits per heavy atom. The Kier molecular flexibility index (Phi) is 5.42. The highest BCUT2D eigenvalue weighted by atomic mass is 16.5. The van der Waals surface area contributed by atoms with Crippen LogP contribution >= 0.6 is 0 Å². The van der Waals surface area contributed by atoms with E-state index in [-0.39, 0.29) is 18.1 Å². The van der Waals surface area contributed by atoms with E-state index in [2.05, 4.69) is 9.97 Å². The lowest BCUT2D eigenvalue weighted by Gasteiger charge is -2.35. The van der Waals surface area contributed by atoms with Crippen molar-refractivity contribution in [1.82, 2.24) is 15.4 Å². The first kappa shape index (κ1) is 21.3. The third kappa shape index (κ3) is 3.89. The number of nitrogens with one attached hydrogen (secondary N) is 1. The first-order valence-electron chi connectivity index (χ1n) is 11.2. The normalized spacial score (nSPS) is 22.6. The van der Waals surface area contributed by atoms with Crippen molar-refractivity contribution in [1.29, 1.82) is 0 Å². The van der Waals surface area contributed by atoms with Crippen LogP contribution in [0, 0.1) is 12.8 Å². The summed E-state index contributed by atoms with van der Waals surface area (Å²) in [5, 5.41) is 8.84. The number of carbonyl (C=O) groups excluding carboxylic acids is 2. The molecule has 5 rings (SSSR count). The van der Waals surface area contributed by atoms with Gasteiger partial charge in [0.05, 0.1) is 16.6 Å². The molecule has 7 nitrogen and oxygen atoms in total. The Balaban J connectivity index is 1.54. The number of fused-ring (bicyclic) bond motifs is 1. The van der Waals surface area contributed by atoms with E-state index in [9.17, 15) is 9.59 Å². The van der Waals surface area contributed by atoms with Crippen LogP contribution in [-0.4, -0.2) is 32.5 Å². The van der Waals surface area contributed by atoms with Crippen LogP contribution in [0.25, 0.3) is 22.4 Å². The van der Waals surface area contributed by atoms with Gasteiger partial charge in [0, 0.05) is 24.4 Å². The summed E-state index contributed by atoms with van der Waals surface area (Å²) in [6, 6.07) is 13.6. The largest absolute Gasteiger partial charge is 0.478 e. The van der Waals surface area contributed by atoms with Crippen molar-refractivity contribution in [3.05, 3.63) is 71.5 Å². The number of hydrogen-bond acceptors (Lipinski definition) is 6. The number of amides is 1. The highest BCUT2D eigenvalue weighted by molar-refractivity contribution is 6.33. The van der Waals surface area contributed by atoms with E-state index in [4.69, 9.17) is 9.94 Å². The van der Waals surface area contributed by atoms with Crippen molar-refractivity contribution in [2.45, 2.75) is 44.6 Å². The zero-order valence-electron chi connectivity index (χ0n) is 18.4. The number of ketones is 1. The highest BCUT2D eigenvalue weighted by Gasteiger charge is 2.51. The van der Waals surface area contributed by atoms with Crippen molar-refractivity contribution in [2.75, 3.05) is 0 Å². The number of ether oxygens (including phenoxy) is 1. The Bertz CT molecular complexity index is 1280. The number of hydrogen-bond donors (Lipinski definition) is 2. The molecule has 0 unspecified atom stereocenters. The number of rotatable bonds is 4. The molecule has 2 heterocycles. The smallest absolute Gasteiger partial charge is 0.243 e. The summed E-state index contributed by atoms with van der Waals surface area (Å²) in [7, 11) is 0. The van der Waals surface area contributed by atoms with Crippen LogP contribution in [0.1, 0.15) is 48.8 Å². The molecule has 0 radical (unpaired) electrons. The number of Topliss-reactive ketones (excluding diaryl/α,β-unsaturated/α-hetero) is 1. The van der Waals surface area contributed by atoms with Crippen LogP contribution in [0.2, 0.25) is 0 Å². The Labute approximate surface area is 191 Å². The summed E-state index contributed by atoms with van der Waals surface area (Å²) in [6.07, 6.45) is 5.96. The summed E-state index contributed by atoms with van der Waals surface area (Å²) in [6.45, 7) is 2.00. The van der Waals surface area contributed by atoms with Gasteiger partial charge in [-0.25, -0.2) is 5.48 Å². The topological polar surface area (TPSA) is 101 Å². The van der Waals surface area contributed by atoms with Gasteiger partial charge in [0.2, 0.25) is 11.7 Å². The van der Waals surface area contributed by atoms with Crippen LogP contribution in [0.3, 0.4) is 0 Å².